The smallest absolute Gasteiger partial charge is 0.328 e. The zero-order valence-electron chi connectivity index (χ0n) is 20.3. The number of rotatable bonds is 3. The Morgan fingerprint density at radius 3 is 2.42 bits per heavy atom. The molecule has 0 bridgehead atoms. The number of nitrogens with two attached hydrogens (primary N) is 1. The highest BCUT2D eigenvalue weighted by molar-refractivity contribution is 8.18. The summed E-state index contributed by atoms with van der Waals surface area (Å²) >= 11 is 6.54. The molecule has 38 heavy (non-hydrogen) atoms. The van der Waals surface area contributed by atoms with E-state index in [1.165, 1.54) is 55.1 Å². The van der Waals surface area contributed by atoms with Crippen LogP contribution in [0, 0.1) is 12.8 Å². The third kappa shape index (κ3) is 7.63. The van der Waals surface area contributed by atoms with Crippen LogP contribution in [0.1, 0.15) is 48.8 Å². The lowest BCUT2D eigenvalue weighted by Gasteiger charge is -2.15. The molecule has 2 aliphatic rings. The lowest BCUT2D eigenvalue weighted by molar-refractivity contribution is -0.138. The van der Waals surface area contributed by atoms with Crippen LogP contribution in [-0.4, -0.2) is 27.0 Å². The molecule has 2 amide bonds. The molecule has 0 atom stereocenters. The Hall–Kier alpha value is -3.26. The zero-order valence-corrected chi connectivity index (χ0v) is 21.9. The molecule has 0 radical (unpaired) electrons. The summed E-state index contributed by atoms with van der Waals surface area (Å²) < 4.78 is 41.4. The number of carbonyl (C=O) groups excluding carboxylic acids is 2. The second-order valence-corrected chi connectivity index (χ2v) is 10.1. The number of alkyl halides is 3. The van der Waals surface area contributed by atoms with Crippen LogP contribution in [0.5, 0.6) is 0 Å². The number of nitrogens with one attached hydrogen (secondary N) is 1. The second-order valence-electron chi connectivity index (χ2n) is 8.67. The number of amides is 2. The van der Waals surface area contributed by atoms with E-state index in [-0.39, 0.29) is 22.0 Å². The predicted octanol–water partition coefficient (Wildman–Crippen LogP) is 6.61. The fourth-order valence-corrected chi connectivity index (χ4v) is 4.99. The van der Waals surface area contributed by atoms with Crippen molar-refractivity contribution in [1.29, 1.82) is 0 Å². The van der Waals surface area contributed by atoms with Gasteiger partial charge in [0, 0.05) is 16.5 Å². The van der Waals surface area contributed by atoms with Gasteiger partial charge in [-0.1, -0.05) is 43.0 Å². The minimum Gasteiger partial charge on any atom is -0.328 e. The average Bonchev–Trinajstić information content (AvgIpc) is 3.42. The first-order valence-corrected chi connectivity index (χ1v) is 12.9. The van der Waals surface area contributed by atoms with E-state index in [1.807, 2.05) is 0 Å². The van der Waals surface area contributed by atoms with Gasteiger partial charge in [-0.3, -0.25) is 19.6 Å². The van der Waals surface area contributed by atoms with Crippen LogP contribution in [0.3, 0.4) is 0 Å². The van der Waals surface area contributed by atoms with Gasteiger partial charge < -0.3 is 5.73 Å². The van der Waals surface area contributed by atoms with E-state index in [0.29, 0.717) is 22.5 Å². The molecular formula is C27H26ClF3N4O2S. The van der Waals surface area contributed by atoms with Gasteiger partial charge in [-0.2, -0.15) is 18.3 Å². The quantitative estimate of drug-likeness (QED) is 0.277. The van der Waals surface area contributed by atoms with Crippen molar-refractivity contribution in [3.63, 3.8) is 0 Å². The molecule has 2 fully saturated rings. The maximum absolute atomic E-state index is 13.3. The van der Waals surface area contributed by atoms with Crippen molar-refractivity contribution >= 4 is 51.5 Å². The first-order chi connectivity index (χ1) is 18.1. The molecule has 3 N–H and O–H groups in total. The van der Waals surface area contributed by atoms with Crippen molar-refractivity contribution in [1.82, 2.24) is 15.1 Å². The van der Waals surface area contributed by atoms with Gasteiger partial charge in [-0.05, 0) is 66.1 Å². The van der Waals surface area contributed by atoms with Crippen molar-refractivity contribution in [2.24, 2.45) is 5.73 Å². The molecule has 5 rings (SSSR count). The number of hydrogen-bond acceptors (Lipinski definition) is 5. The normalized spacial score (nSPS) is 17.0. The number of fused-ring (bicyclic) bond motifs is 1. The Morgan fingerprint density at radius 1 is 1.13 bits per heavy atom. The van der Waals surface area contributed by atoms with E-state index < -0.39 is 22.9 Å². The van der Waals surface area contributed by atoms with Gasteiger partial charge in [0.15, 0.2) is 0 Å². The highest BCUT2D eigenvalue weighted by Gasteiger charge is 2.33. The predicted molar refractivity (Wildman–Crippen MR) is 145 cm³/mol. The van der Waals surface area contributed by atoms with Crippen molar-refractivity contribution in [3.05, 3.63) is 69.2 Å². The lowest BCUT2D eigenvalue weighted by Crippen LogP contribution is -2.22. The molecule has 200 valence electrons. The molecule has 0 spiro atoms. The Morgan fingerprint density at radius 2 is 1.84 bits per heavy atom. The second kappa shape index (κ2) is 13.0. The maximum atomic E-state index is 13.3. The summed E-state index contributed by atoms with van der Waals surface area (Å²) in [5, 5.41) is 6.64. The topological polar surface area (TPSA) is 90.0 Å². The Balaban J connectivity index is 0.000000381. The highest BCUT2D eigenvalue weighted by Crippen LogP contribution is 2.34. The minimum atomic E-state index is -4.53. The first-order valence-electron chi connectivity index (χ1n) is 11.7. The van der Waals surface area contributed by atoms with Gasteiger partial charge in [0.2, 0.25) is 0 Å². The van der Waals surface area contributed by atoms with Crippen LogP contribution in [0.25, 0.3) is 17.0 Å². The fourth-order valence-electron chi connectivity index (χ4n) is 4.14. The molecule has 1 aliphatic heterocycles. The van der Waals surface area contributed by atoms with Crippen LogP contribution in [-0.2, 0) is 17.5 Å². The Kier molecular flexibility index (Phi) is 10.0. The van der Waals surface area contributed by atoms with E-state index >= 15 is 0 Å². The number of thioether (sulfide) groups is 1. The molecule has 3 aromatic rings. The third-order valence-corrected chi connectivity index (χ3v) is 7.00. The molecule has 2 aromatic carbocycles. The van der Waals surface area contributed by atoms with Crippen LogP contribution in [0.2, 0.25) is 5.02 Å². The van der Waals surface area contributed by atoms with Crippen molar-refractivity contribution in [3.8, 4) is 12.8 Å². The number of imide groups is 1. The minimum absolute atomic E-state index is 0.0105. The Labute approximate surface area is 227 Å². The highest BCUT2D eigenvalue weighted by atomic mass is 35.5. The van der Waals surface area contributed by atoms with Crippen LogP contribution >= 0.6 is 23.4 Å². The van der Waals surface area contributed by atoms with Gasteiger partial charge in [-0.15, -0.1) is 12.8 Å². The van der Waals surface area contributed by atoms with Gasteiger partial charge in [0.25, 0.3) is 11.1 Å². The largest absolute Gasteiger partial charge is 0.416 e. The van der Waals surface area contributed by atoms with E-state index in [0.717, 1.165) is 17.8 Å². The average molecular weight is 563 g/mol. The fraction of sp³-hybridized carbons (Fsp3) is 0.296. The monoisotopic (exact) mass is 562 g/mol. The lowest BCUT2D eigenvalue weighted by atomic mass is 9.97. The number of nitrogens with zero attached hydrogens (tertiary/aromatic N) is 2. The van der Waals surface area contributed by atoms with Gasteiger partial charge >= 0.3 is 6.18 Å². The SMILES string of the molecule is C#C.NC1CCCCC1.O=C1NC(=O)/C(=C/c2ccc3c(cnn3Cc3ccc(Cl)cc3C(F)(F)F)c2)S1. The van der Waals surface area contributed by atoms with Crippen molar-refractivity contribution in [2.75, 3.05) is 0 Å². The molecule has 1 saturated carbocycles. The summed E-state index contributed by atoms with van der Waals surface area (Å²) in [6.45, 7) is -0.0806. The number of hydrogen-bond donors (Lipinski definition) is 2. The summed E-state index contributed by atoms with van der Waals surface area (Å²) in [7, 11) is 0. The molecule has 1 aliphatic carbocycles. The number of aromatic nitrogens is 2. The van der Waals surface area contributed by atoms with E-state index in [4.69, 9.17) is 17.3 Å². The summed E-state index contributed by atoms with van der Waals surface area (Å²) in [5.74, 6) is -0.460. The Bertz CT molecular complexity index is 1360. The van der Waals surface area contributed by atoms with Crippen molar-refractivity contribution < 1.29 is 22.8 Å². The van der Waals surface area contributed by atoms with Crippen LogP contribution in [0.4, 0.5) is 18.0 Å². The third-order valence-electron chi connectivity index (χ3n) is 5.95. The van der Waals surface area contributed by atoms with Crippen LogP contribution < -0.4 is 11.1 Å². The van der Waals surface area contributed by atoms with Gasteiger partial charge in [0.05, 0.1) is 28.7 Å². The molecule has 1 aromatic heterocycles. The number of benzene rings is 2. The molecule has 2 heterocycles. The molecule has 6 nitrogen and oxygen atoms in total. The molecular weight excluding hydrogens is 537 g/mol. The van der Waals surface area contributed by atoms with Gasteiger partial charge in [-0.25, -0.2) is 0 Å². The van der Waals surface area contributed by atoms with E-state index in [9.17, 15) is 22.8 Å². The molecule has 1 saturated heterocycles. The standard InChI is InChI=1S/C19H11ClF3N3O2S.C6H13N.C2H2/c20-13-3-2-11(14(7-13)19(21,22)23)9-26-15-4-1-10(5-12(15)8-24-26)6-16-17(27)25-18(28)29-16;7-6-4-2-1-3-5-6;1-2/h1-8H,9H2,(H,25,27,28);6H,1-5,7H2;1-2H/b16-6-;;. The van der Waals surface area contributed by atoms with E-state index in [2.05, 4.69) is 23.3 Å². The number of carbonyl (C=O) groups is 2. The summed E-state index contributed by atoms with van der Waals surface area (Å²) in [4.78, 5) is 23.2. The summed E-state index contributed by atoms with van der Waals surface area (Å²) in [5.41, 5.74) is 6.19. The summed E-state index contributed by atoms with van der Waals surface area (Å²) in [6.07, 6.45) is 13.2. The van der Waals surface area contributed by atoms with E-state index in [1.54, 1.807) is 24.3 Å². The zero-order chi connectivity index (χ0) is 27.9. The van der Waals surface area contributed by atoms with Crippen molar-refractivity contribution in [2.45, 2.75) is 50.9 Å². The number of halogens is 4. The number of terminal acetylenes is 1. The van der Waals surface area contributed by atoms with Crippen LogP contribution in [0.15, 0.2) is 47.5 Å². The molecule has 11 heteroatoms. The summed E-state index contributed by atoms with van der Waals surface area (Å²) in [6, 6.07) is 9.34. The maximum Gasteiger partial charge on any atom is 0.416 e. The van der Waals surface area contributed by atoms with Gasteiger partial charge in [0.1, 0.15) is 0 Å². The molecule has 0 unspecified atom stereocenters. The first kappa shape index (κ1) is 29.3.